The number of hydrogen-bond donors (Lipinski definition) is 1. The predicted molar refractivity (Wildman–Crippen MR) is 154 cm³/mol. The van der Waals surface area contributed by atoms with E-state index in [1.54, 1.807) is 67.6 Å². The Balaban J connectivity index is 2.05. The van der Waals surface area contributed by atoms with Crippen LogP contribution in [0, 0.1) is 0 Å². The van der Waals surface area contributed by atoms with Crippen molar-refractivity contribution in [1.82, 2.24) is 10.2 Å². The summed E-state index contributed by atoms with van der Waals surface area (Å²) in [6, 6.07) is 18.4. The number of nitrogens with zero attached hydrogens (tertiary/aromatic N) is 2. The van der Waals surface area contributed by atoms with Gasteiger partial charge in [-0.25, -0.2) is 8.42 Å². The van der Waals surface area contributed by atoms with E-state index in [-0.39, 0.29) is 17.9 Å². The van der Waals surface area contributed by atoms with Crippen molar-refractivity contribution < 1.29 is 22.7 Å². The number of carbonyl (C=O) groups excluding carboxylic acids is 2. The molecule has 8 nitrogen and oxygen atoms in total. The van der Waals surface area contributed by atoms with Crippen molar-refractivity contribution in [2.45, 2.75) is 37.8 Å². The van der Waals surface area contributed by atoms with E-state index >= 15 is 0 Å². The van der Waals surface area contributed by atoms with Crippen molar-refractivity contribution >= 4 is 50.7 Å². The normalized spacial score (nSPS) is 11.9. The van der Waals surface area contributed by atoms with E-state index in [2.05, 4.69) is 5.32 Å². The van der Waals surface area contributed by atoms with Gasteiger partial charge in [-0.2, -0.15) is 0 Å². The average Bonchev–Trinajstić information content (AvgIpc) is 2.93. The lowest BCUT2D eigenvalue weighted by Gasteiger charge is -2.33. The number of likely N-dealkylation sites (N-methyl/N-ethyl adjacent to an activating group) is 1. The van der Waals surface area contributed by atoms with Crippen molar-refractivity contribution in [3.63, 3.8) is 0 Å². The Morgan fingerprint density at radius 3 is 2.08 bits per heavy atom. The monoisotopic (exact) mass is 591 g/mol. The lowest BCUT2D eigenvalue weighted by atomic mass is 10.1. The maximum atomic E-state index is 13.9. The van der Waals surface area contributed by atoms with Gasteiger partial charge in [0, 0.05) is 29.2 Å². The van der Waals surface area contributed by atoms with E-state index in [0.29, 0.717) is 33.7 Å². The van der Waals surface area contributed by atoms with Gasteiger partial charge in [0.25, 0.3) is 10.0 Å². The second-order valence-corrected chi connectivity index (χ2v) is 11.2. The van der Waals surface area contributed by atoms with Crippen LogP contribution in [0.5, 0.6) is 5.75 Å². The molecule has 0 bridgehead atoms. The lowest BCUT2D eigenvalue weighted by Crippen LogP contribution is -2.51. The number of sulfonamides is 1. The average molecular weight is 593 g/mol. The summed E-state index contributed by atoms with van der Waals surface area (Å²) in [5, 5.41) is 3.24. The molecule has 0 saturated heterocycles. The number of nitrogens with one attached hydrogen (secondary N) is 1. The number of hydrogen-bond acceptors (Lipinski definition) is 5. The molecule has 1 N–H and O–H groups in total. The van der Waals surface area contributed by atoms with Crippen molar-refractivity contribution in [3.05, 3.63) is 88.4 Å². The van der Waals surface area contributed by atoms with Gasteiger partial charge >= 0.3 is 0 Å². The molecule has 2 amide bonds. The number of halogens is 2. The van der Waals surface area contributed by atoms with Crippen LogP contribution in [0.4, 0.5) is 5.69 Å². The molecule has 0 aliphatic heterocycles. The van der Waals surface area contributed by atoms with Crippen molar-refractivity contribution in [2.75, 3.05) is 24.5 Å². The molecule has 0 aliphatic rings. The third kappa shape index (κ3) is 7.23. The summed E-state index contributed by atoms with van der Waals surface area (Å²) >= 11 is 12.8. The fourth-order valence-corrected chi connectivity index (χ4v) is 6.00. The molecule has 0 fully saturated rings. The molecule has 11 heteroatoms. The minimum Gasteiger partial charge on any atom is -0.494 e. The number of rotatable bonds is 12. The first-order valence-corrected chi connectivity index (χ1v) is 14.6. The van der Waals surface area contributed by atoms with Crippen LogP contribution in [0.1, 0.15) is 25.8 Å². The Labute approximate surface area is 239 Å². The SMILES string of the molecule is CCOc1ccc(S(=O)(=O)N(CC(=O)N(Cc2c(Cl)cccc2Cl)C(CC)C(=O)NC)c2ccccc2)cc1. The molecule has 3 aromatic rings. The van der Waals surface area contributed by atoms with Crippen LogP contribution >= 0.6 is 23.2 Å². The summed E-state index contributed by atoms with van der Waals surface area (Å²) in [7, 11) is -2.71. The molecule has 39 heavy (non-hydrogen) atoms. The number of benzene rings is 3. The van der Waals surface area contributed by atoms with Crippen molar-refractivity contribution in [3.8, 4) is 5.75 Å². The van der Waals surface area contributed by atoms with Crippen LogP contribution in [0.25, 0.3) is 0 Å². The van der Waals surface area contributed by atoms with Crippen LogP contribution in [-0.2, 0) is 26.2 Å². The molecule has 0 aromatic heterocycles. The van der Waals surface area contributed by atoms with E-state index in [0.717, 1.165) is 4.31 Å². The predicted octanol–water partition coefficient (Wildman–Crippen LogP) is 5.14. The smallest absolute Gasteiger partial charge is 0.264 e. The Morgan fingerprint density at radius 1 is 0.923 bits per heavy atom. The van der Waals surface area contributed by atoms with Gasteiger partial charge in [0.2, 0.25) is 11.8 Å². The maximum Gasteiger partial charge on any atom is 0.264 e. The molecule has 0 radical (unpaired) electrons. The molecule has 0 saturated carbocycles. The second kappa shape index (κ2) is 13.7. The maximum absolute atomic E-state index is 13.9. The molecule has 0 spiro atoms. The van der Waals surface area contributed by atoms with E-state index < -0.39 is 34.4 Å². The highest BCUT2D eigenvalue weighted by atomic mass is 35.5. The number of carbonyl (C=O) groups is 2. The molecule has 1 atom stereocenters. The fraction of sp³-hybridized carbons (Fsp3) is 0.286. The highest BCUT2D eigenvalue weighted by Gasteiger charge is 2.34. The Morgan fingerprint density at radius 2 is 1.54 bits per heavy atom. The standard InChI is InChI=1S/C28H31Cl2N3O5S/c1-4-26(28(35)31-3)32(18-23-24(29)12-9-13-25(23)30)27(34)19-33(20-10-7-6-8-11-20)39(36,37)22-16-14-21(15-17-22)38-5-2/h6-17,26H,4-5,18-19H2,1-3H3,(H,31,35). The number of ether oxygens (including phenoxy) is 1. The van der Waals surface area contributed by atoms with Gasteiger partial charge in [-0.15, -0.1) is 0 Å². The molecule has 3 rings (SSSR count). The summed E-state index contributed by atoms with van der Waals surface area (Å²) in [5.41, 5.74) is 0.751. The van der Waals surface area contributed by atoms with Crippen LogP contribution in [0.2, 0.25) is 10.0 Å². The zero-order valence-corrected chi connectivity index (χ0v) is 24.3. The highest BCUT2D eigenvalue weighted by Crippen LogP contribution is 2.29. The van der Waals surface area contributed by atoms with E-state index in [4.69, 9.17) is 27.9 Å². The van der Waals surface area contributed by atoms with Gasteiger partial charge in [-0.05, 0) is 61.9 Å². The summed E-state index contributed by atoms with van der Waals surface area (Å²) in [4.78, 5) is 28.0. The Hall–Kier alpha value is -3.27. The van der Waals surface area contributed by atoms with Crippen LogP contribution in [0.3, 0.4) is 0 Å². The van der Waals surface area contributed by atoms with Gasteiger partial charge in [0.15, 0.2) is 0 Å². The first-order chi connectivity index (χ1) is 18.6. The summed E-state index contributed by atoms with van der Waals surface area (Å²) in [6.45, 7) is 3.38. The number of amides is 2. The van der Waals surface area contributed by atoms with Gasteiger partial charge in [0.1, 0.15) is 18.3 Å². The second-order valence-electron chi connectivity index (χ2n) is 8.51. The van der Waals surface area contributed by atoms with Gasteiger partial charge < -0.3 is 15.0 Å². The molecule has 208 valence electrons. The van der Waals surface area contributed by atoms with Gasteiger partial charge in [0.05, 0.1) is 17.2 Å². The van der Waals surface area contributed by atoms with Gasteiger partial charge in [-0.1, -0.05) is 54.4 Å². The fourth-order valence-electron chi connectivity index (χ4n) is 4.06. The molecular weight excluding hydrogens is 561 g/mol. The topological polar surface area (TPSA) is 96.0 Å². The molecule has 0 aliphatic carbocycles. The first-order valence-electron chi connectivity index (χ1n) is 12.4. The minimum atomic E-state index is -4.18. The van der Waals surface area contributed by atoms with Gasteiger partial charge in [-0.3, -0.25) is 13.9 Å². The zero-order valence-electron chi connectivity index (χ0n) is 21.9. The molecule has 1 unspecified atom stereocenters. The van der Waals surface area contributed by atoms with E-state index in [1.165, 1.54) is 24.1 Å². The molecule has 3 aromatic carbocycles. The van der Waals surface area contributed by atoms with Crippen LogP contribution < -0.4 is 14.4 Å². The van der Waals surface area contributed by atoms with Crippen LogP contribution in [0.15, 0.2) is 77.7 Å². The first kappa shape index (κ1) is 30.3. The Kier molecular flexibility index (Phi) is 10.6. The zero-order chi connectivity index (χ0) is 28.6. The highest BCUT2D eigenvalue weighted by molar-refractivity contribution is 7.92. The Bertz CT molecular complexity index is 1370. The number of anilines is 1. The largest absolute Gasteiger partial charge is 0.494 e. The summed E-state index contributed by atoms with van der Waals surface area (Å²) in [6.07, 6.45) is 0.282. The van der Waals surface area contributed by atoms with E-state index in [9.17, 15) is 18.0 Å². The van der Waals surface area contributed by atoms with E-state index in [1.807, 2.05) is 6.92 Å². The van der Waals surface area contributed by atoms with Crippen molar-refractivity contribution in [2.24, 2.45) is 0 Å². The quantitative estimate of drug-likeness (QED) is 0.314. The summed E-state index contributed by atoms with van der Waals surface area (Å²) < 4.78 is 34.2. The third-order valence-corrected chi connectivity index (χ3v) is 8.56. The van der Waals surface area contributed by atoms with Crippen LogP contribution in [-0.4, -0.2) is 51.4 Å². The number of para-hydroxylation sites is 1. The summed E-state index contributed by atoms with van der Waals surface area (Å²) in [5.74, 6) is -0.465. The molecular formula is C28H31Cl2N3O5S. The molecule has 0 heterocycles. The minimum absolute atomic E-state index is 0.0124. The third-order valence-electron chi connectivity index (χ3n) is 6.07. The lowest BCUT2D eigenvalue weighted by molar-refractivity contribution is -0.140. The van der Waals surface area contributed by atoms with Crippen molar-refractivity contribution in [1.29, 1.82) is 0 Å².